The molecule has 1 aromatic rings. The number of nitrogens with zero attached hydrogens (tertiary/aromatic N) is 1. The number of carbonyl (C=O) groups is 1. The van der Waals surface area contributed by atoms with E-state index in [4.69, 9.17) is 4.74 Å². The summed E-state index contributed by atoms with van der Waals surface area (Å²) >= 11 is 0. The average molecular weight is 331 g/mol. The van der Waals surface area contributed by atoms with Gasteiger partial charge in [0.25, 0.3) is 0 Å². The molecule has 5 heteroatoms. The van der Waals surface area contributed by atoms with Gasteiger partial charge in [0.05, 0.1) is 19.1 Å². The number of benzene rings is 1. The lowest BCUT2D eigenvalue weighted by Crippen LogP contribution is -2.51. The first-order chi connectivity index (χ1) is 11.7. The predicted octanol–water partition coefficient (Wildman–Crippen LogP) is 1.39. The highest BCUT2D eigenvalue weighted by molar-refractivity contribution is 5.76. The Morgan fingerprint density at radius 3 is 3.00 bits per heavy atom. The third-order valence-corrected chi connectivity index (χ3v) is 5.06. The van der Waals surface area contributed by atoms with Crippen LogP contribution in [0.25, 0.3) is 0 Å². The lowest BCUT2D eigenvalue weighted by molar-refractivity contribution is -0.127. The van der Waals surface area contributed by atoms with E-state index < -0.39 is 0 Å². The van der Waals surface area contributed by atoms with Gasteiger partial charge < -0.3 is 15.4 Å². The molecule has 0 radical (unpaired) electrons. The molecule has 0 aromatic heterocycles. The molecule has 1 aromatic carbocycles. The summed E-state index contributed by atoms with van der Waals surface area (Å²) in [5.41, 5.74) is 1.31. The Kier molecular flexibility index (Phi) is 6.24. The van der Waals surface area contributed by atoms with Gasteiger partial charge in [0.1, 0.15) is 0 Å². The fourth-order valence-corrected chi connectivity index (χ4v) is 3.54. The van der Waals surface area contributed by atoms with E-state index in [2.05, 4.69) is 46.7 Å². The van der Waals surface area contributed by atoms with Crippen LogP contribution in [0.4, 0.5) is 0 Å². The molecule has 3 atom stereocenters. The molecule has 5 nitrogen and oxygen atoms in total. The Hall–Kier alpha value is -1.43. The van der Waals surface area contributed by atoms with E-state index in [1.165, 1.54) is 5.56 Å². The van der Waals surface area contributed by atoms with Gasteiger partial charge in [0.2, 0.25) is 5.91 Å². The second-order valence-electron chi connectivity index (χ2n) is 7.06. The fourth-order valence-electron chi connectivity index (χ4n) is 3.54. The standard InChI is InChI=1S/C19H29N3O2/c1-15-7-8-20-12-18(15)21-19(23)11-17-14-22(9-10-24-17)13-16-5-3-2-4-6-16/h2-6,15,17-18,20H,7-14H2,1H3,(H,21,23). The zero-order valence-corrected chi connectivity index (χ0v) is 14.5. The van der Waals surface area contributed by atoms with E-state index in [1.807, 2.05) is 6.07 Å². The Morgan fingerprint density at radius 1 is 1.38 bits per heavy atom. The van der Waals surface area contributed by atoms with E-state index in [1.54, 1.807) is 0 Å². The number of hydrogen-bond acceptors (Lipinski definition) is 4. The molecule has 2 aliphatic heterocycles. The number of rotatable bonds is 5. The Bertz CT molecular complexity index is 523. The van der Waals surface area contributed by atoms with Crippen LogP contribution in [0.2, 0.25) is 0 Å². The minimum atomic E-state index is -0.00526. The van der Waals surface area contributed by atoms with Crippen molar-refractivity contribution in [2.24, 2.45) is 5.92 Å². The lowest BCUT2D eigenvalue weighted by Gasteiger charge is -2.34. The van der Waals surface area contributed by atoms with Gasteiger partial charge in [-0.25, -0.2) is 0 Å². The molecule has 2 aliphatic rings. The van der Waals surface area contributed by atoms with Crippen LogP contribution in [-0.2, 0) is 16.1 Å². The molecule has 0 aliphatic carbocycles. The van der Waals surface area contributed by atoms with Gasteiger partial charge in [0, 0.05) is 32.2 Å². The van der Waals surface area contributed by atoms with Gasteiger partial charge in [0.15, 0.2) is 0 Å². The first-order valence-corrected chi connectivity index (χ1v) is 9.08. The molecule has 0 saturated carbocycles. The van der Waals surface area contributed by atoms with Crippen molar-refractivity contribution in [3.63, 3.8) is 0 Å². The SMILES string of the molecule is CC1CCNCC1NC(=O)CC1CN(Cc2ccccc2)CCO1. The zero-order valence-electron chi connectivity index (χ0n) is 14.5. The molecule has 3 rings (SSSR count). The normalized spacial score (nSPS) is 28.5. The number of ether oxygens (including phenoxy) is 1. The van der Waals surface area contributed by atoms with Crippen molar-refractivity contribution < 1.29 is 9.53 Å². The first-order valence-electron chi connectivity index (χ1n) is 9.08. The Morgan fingerprint density at radius 2 is 2.21 bits per heavy atom. The highest BCUT2D eigenvalue weighted by Gasteiger charge is 2.26. The molecule has 0 bridgehead atoms. The van der Waals surface area contributed by atoms with Gasteiger partial charge in [-0.3, -0.25) is 9.69 Å². The highest BCUT2D eigenvalue weighted by Crippen LogP contribution is 2.14. The number of morpholine rings is 1. The van der Waals surface area contributed by atoms with E-state index in [0.29, 0.717) is 18.9 Å². The topological polar surface area (TPSA) is 53.6 Å². The van der Waals surface area contributed by atoms with Gasteiger partial charge in [-0.15, -0.1) is 0 Å². The van der Waals surface area contributed by atoms with Gasteiger partial charge >= 0.3 is 0 Å². The van der Waals surface area contributed by atoms with Crippen molar-refractivity contribution in [2.45, 2.75) is 38.5 Å². The maximum atomic E-state index is 12.4. The number of piperidine rings is 1. The molecule has 2 N–H and O–H groups in total. The van der Waals surface area contributed by atoms with Crippen LogP contribution in [-0.4, -0.2) is 55.7 Å². The minimum Gasteiger partial charge on any atom is -0.375 e. The van der Waals surface area contributed by atoms with Crippen LogP contribution >= 0.6 is 0 Å². The monoisotopic (exact) mass is 331 g/mol. The van der Waals surface area contributed by atoms with Crippen molar-refractivity contribution in [2.75, 3.05) is 32.8 Å². The van der Waals surface area contributed by atoms with E-state index in [9.17, 15) is 4.79 Å². The zero-order chi connectivity index (χ0) is 16.8. The maximum absolute atomic E-state index is 12.4. The first kappa shape index (κ1) is 17.4. The van der Waals surface area contributed by atoms with Crippen LogP contribution in [0.1, 0.15) is 25.3 Å². The number of carbonyl (C=O) groups excluding carboxylic acids is 1. The van der Waals surface area contributed by atoms with Crippen molar-refractivity contribution >= 4 is 5.91 Å². The number of nitrogens with one attached hydrogen (secondary N) is 2. The molecule has 2 saturated heterocycles. The van der Waals surface area contributed by atoms with Crippen LogP contribution in [0.15, 0.2) is 30.3 Å². The molecule has 3 unspecified atom stereocenters. The molecule has 1 amide bonds. The average Bonchev–Trinajstić information content (AvgIpc) is 2.58. The molecule has 24 heavy (non-hydrogen) atoms. The summed E-state index contributed by atoms with van der Waals surface area (Å²) in [6.07, 6.45) is 1.57. The van der Waals surface area contributed by atoms with Crippen LogP contribution in [0.3, 0.4) is 0 Å². The Labute approximate surface area is 144 Å². The quantitative estimate of drug-likeness (QED) is 0.856. The summed E-state index contributed by atoms with van der Waals surface area (Å²) in [7, 11) is 0. The third-order valence-electron chi connectivity index (χ3n) is 5.06. The van der Waals surface area contributed by atoms with Crippen molar-refractivity contribution in [3.05, 3.63) is 35.9 Å². The van der Waals surface area contributed by atoms with E-state index in [-0.39, 0.29) is 18.1 Å². The van der Waals surface area contributed by atoms with Gasteiger partial charge in [-0.05, 0) is 24.4 Å². The smallest absolute Gasteiger partial charge is 0.222 e. The summed E-state index contributed by atoms with van der Waals surface area (Å²) in [6, 6.07) is 10.7. The highest BCUT2D eigenvalue weighted by atomic mass is 16.5. The molecule has 2 heterocycles. The summed E-state index contributed by atoms with van der Waals surface area (Å²) in [5.74, 6) is 0.652. The second-order valence-corrected chi connectivity index (χ2v) is 7.06. The van der Waals surface area contributed by atoms with Crippen LogP contribution < -0.4 is 10.6 Å². The third kappa shape index (κ3) is 5.03. The largest absolute Gasteiger partial charge is 0.375 e. The molecular weight excluding hydrogens is 302 g/mol. The molecular formula is C19H29N3O2. The molecule has 0 spiro atoms. The van der Waals surface area contributed by atoms with Crippen LogP contribution in [0, 0.1) is 5.92 Å². The number of hydrogen-bond donors (Lipinski definition) is 2. The van der Waals surface area contributed by atoms with Crippen molar-refractivity contribution in [1.29, 1.82) is 0 Å². The van der Waals surface area contributed by atoms with E-state index in [0.717, 1.165) is 39.1 Å². The lowest BCUT2D eigenvalue weighted by atomic mass is 9.94. The summed E-state index contributed by atoms with van der Waals surface area (Å²) < 4.78 is 5.81. The second kappa shape index (κ2) is 8.60. The predicted molar refractivity (Wildman–Crippen MR) is 94.7 cm³/mol. The molecule has 132 valence electrons. The Balaban J connectivity index is 1.45. The van der Waals surface area contributed by atoms with Crippen molar-refractivity contribution in [1.82, 2.24) is 15.5 Å². The van der Waals surface area contributed by atoms with Crippen LogP contribution in [0.5, 0.6) is 0 Å². The maximum Gasteiger partial charge on any atom is 0.222 e. The van der Waals surface area contributed by atoms with Crippen molar-refractivity contribution in [3.8, 4) is 0 Å². The minimum absolute atomic E-state index is 0.00526. The molecule has 2 fully saturated rings. The number of amides is 1. The summed E-state index contributed by atoms with van der Waals surface area (Å²) in [5, 5.41) is 6.53. The van der Waals surface area contributed by atoms with E-state index >= 15 is 0 Å². The summed E-state index contributed by atoms with van der Waals surface area (Å²) in [6.45, 7) is 7.51. The summed E-state index contributed by atoms with van der Waals surface area (Å²) in [4.78, 5) is 14.7. The van der Waals surface area contributed by atoms with Gasteiger partial charge in [-0.1, -0.05) is 37.3 Å². The fraction of sp³-hybridized carbons (Fsp3) is 0.632. The van der Waals surface area contributed by atoms with Gasteiger partial charge in [-0.2, -0.15) is 0 Å².